The molecule has 254 valence electrons. The molecule has 4 heterocycles. The number of aliphatic carboxylic acids is 1. The molecule has 1 aliphatic rings. The van der Waals surface area contributed by atoms with Crippen molar-refractivity contribution in [3.63, 3.8) is 0 Å². The van der Waals surface area contributed by atoms with Gasteiger partial charge >= 0.3 is 5.97 Å². The molecule has 3 aromatic heterocycles. The molecule has 1 aliphatic heterocycles. The SMILES string of the molecule is Cc1nc2c(cc(-c3ccnc(C(=O)NCc4ccc(F)cc4)c3)n2C)c(-c2cc(F)c3c(c2C)CCCO3)c1C(OC(C)(C)C)C(=O)O. The van der Waals surface area contributed by atoms with Crippen molar-refractivity contribution in [1.29, 1.82) is 0 Å². The largest absolute Gasteiger partial charge is 0.490 e. The molecule has 0 spiro atoms. The van der Waals surface area contributed by atoms with E-state index in [4.69, 9.17) is 14.5 Å². The molecule has 0 aliphatic carbocycles. The highest BCUT2D eigenvalue weighted by Crippen LogP contribution is 2.45. The first-order valence-corrected chi connectivity index (χ1v) is 16.1. The zero-order valence-electron chi connectivity index (χ0n) is 28.3. The number of ether oxygens (including phenoxy) is 2. The van der Waals surface area contributed by atoms with Crippen LogP contribution >= 0.6 is 0 Å². The topological polar surface area (TPSA) is 116 Å². The molecule has 0 radical (unpaired) electrons. The second-order valence-electron chi connectivity index (χ2n) is 13.3. The summed E-state index contributed by atoms with van der Waals surface area (Å²) in [5.74, 6) is -2.25. The number of halogens is 2. The maximum atomic E-state index is 15.8. The smallest absolute Gasteiger partial charge is 0.337 e. The molecular formula is C38H38F2N4O5. The fourth-order valence-electron chi connectivity index (χ4n) is 6.44. The molecule has 49 heavy (non-hydrogen) atoms. The monoisotopic (exact) mass is 668 g/mol. The fourth-order valence-corrected chi connectivity index (χ4v) is 6.44. The van der Waals surface area contributed by atoms with E-state index in [0.717, 1.165) is 23.1 Å². The maximum absolute atomic E-state index is 15.8. The number of nitrogens with zero attached hydrogens (tertiary/aromatic N) is 3. The van der Waals surface area contributed by atoms with Crippen LogP contribution in [0.5, 0.6) is 5.75 Å². The summed E-state index contributed by atoms with van der Waals surface area (Å²) in [7, 11) is 1.83. The van der Waals surface area contributed by atoms with E-state index in [0.29, 0.717) is 57.7 Å². The summed E-state index contributed by atoms with van der Waals surface area (Å²) in [4.78, 5) is 35.1. The van der Waals surface area contributed by atoms with Gasteiger partial charge in [0, 0.05) is 53.1 Å². The van der Waals surface area contributed by atoms with E-state index < -0.39 is 29.4 Å². The number of carboxylic acid groups (broad SMARTS) is 1. The number of amides is 1. The van der Waals surface area contributed by atoms with Crippen LogP contribution in [0.1, 0.15) is 71.7 Å². The van der Waals surface area contributed by atoms with Crippen molar-refractivity contribution >= 4 is 22.9 Å². The second kappa shape index (κ2) is 13.0. The zero-order valence-corrected chi connectivity index (χ0v) is 28.3. The lowest BCUT2D eigenvalue weighted by Gasteiger charge is -2.29. The van der Waals surface area contributed by atoms with Gasteiger partial charge in [-0.05, 0) is 101 Å². The van der Waals surface area contributed by atoms with Crippen LogP contribution in [0.4, 0.5) is 8.78 Å². The predicted octanol–water partition coefficient (Wildman–Crippen LogP) is 7.39. The van der Waals surface area contributed by atoms with Gasteiger partial charge in [0.1, 0.15) is 17.2 Å². The summed E-state index contributed by atoms with van der Waals surface area (Å²) >= 11 is 0. The number of nitrogens with one attached hydrogen (secondary N) is 1. The molecule has 0 bridgehead atoms. The van der Waals surface area contributed by atoms with Crippen LogP contribution in [-0.2, 0) is 29.5 Å². The first-order valence-electron chi connectivity index (χ1n) is 16.1. The highest BCUT2D eigenvalue weighted by Gasteiger charge is 2.34. The van der Waals surface area contributed by atoms with Crippen molar-refractivity contribution in [3.8, 4) is 28.1 Å². The van der Waals surface area contributed by atoms with Gasteiger partial charge in [-0.3, -0.25) is 9.78 Å². The molecule has 1 atom stereocenters. The van der Waals surface area contributed by atoms with Crippen LogP contribution in [0.25, 0.3) is 33.4 Å². The Kier molecular flexibility index (Phi) is 8.98. The van der Waals surface area contributed by atoms with Crippen molar-refractivity contribution in [2.45, 2.75) is 65.7 Å². The van der Waals surface area contributed by atoms with E-state index in [-0.39, 0.29) is 23.8 Å². The number of carboxylic acids is 1. The van der Waals surface area contributed by atoms with Crippen molar-refractivity contribution < 1.29 is 33.0 Å². The molecule has 6 rings (SSSR count). The average Bonchev–Trinajstić information content (AvgIpc) is 3.39. The third-order valence-electron chi connectivity index (χ3n) is 8.72. The first kappa shape index (κ1) is 33.7. The minimum Gasteiger partial charge on any atom is -0.490 e. The average molecular weight is 669 g/mol. The van der Waals surface area contributed by atoms with Crippen LogP contribution in [0, 0.1) is 25.5 Å². The molecule has 2 aromatic carbocycles. The number of pyridine rings is 2. The van der Waals surface area contributed by atoms with Gasteiger partial charge in [0.2, 0.25) is 0 Å². The van der Waals surface area contributed by atoms with E-state index in [9.17, 15) is 19.1 Å². The van der Waals surface area contributed by atoms with E-state index in [1.807, 2.05) is 24.6 Å². The van der Waals surface area contributed by atoms with E-state index in [1.54, 1.807) is 52.0 Å². The Morgan fingerprint density at radius 3 is 2.53 bits per heavy atom. The standard InChI is InChI=1S/C38H38F2N4O5/c1-20-25-8-7-15-48-33(25)28(40)17-26(20)32-27-18-30(44(6)35(27)43-21(2)31(32)34(37(46)47)49-38(3,4)5)23-13-14-41-29(16-23)36(45)42-19-22-9-11-24(39)12-10-22/h9-14,16-18,34H,7-8,15,19H2,1-6H3,(H,42,45)(H,46,47). The number of fused-ring (bicyclic) bond motifs is 2. The highest BCUT2D eigenvalue weighted by atomic mass is 19.1. The number of carbonyl (C=O) groups excluding carboxylic acids is 1. The lowest BCUT2D eigenvalue weighted by Crippen LogP contribution is -2.28. The van der Waals surface area contributed by atoms with Gasteiger partial charge in [0.25, 0.3) is 5.91 Å². The summed E-state index contributed by atoms with van der Waals surface area (Å²) in [6.45, 7) is 9.59. The summed E-state index contributed by atoms with van der Waals surface area (Å²) < 4.78 is 42.8. The normalized spacial score (nSPS) is 13.6. The van der Waals surface area contributed by atoms with Crippen LogP contribution in [0.15, 0.2) is 54.7 Å². The fraction of sp³-hybridized carbons (Fsp3) is 0.316. The van der Waals surface area contributed by atoms with Crippen molar-refractivity contribution in [3.05, 3.63) is 100 Å². The Morgan fingerprint density at radius 2 is 1.84 bits per heavy atom. The van der Waals surface area contributed by atoms with Crippen molar-refractivity contribution in [2.75, 3.05) is 6.61 Å². The minimum atomic E-state index is -1.40. The highest BCUT2D eigenvalue weighted by molar-refractivity contribution is 6.02. The Balaban J connectivity index is 1.52. The quantitative estimate of drug-likeness (QED) is 0.177. The number of aromatic nitrogens is 3. The van der Waals surface area contributed by atoms with Gasteiger partial charge in [-0.2, -0.15) is 0 Å². The molecule has 2 N–H and O–H groups in total. The van der Waals surface area contributed by atoms with Gasteiger partial charge in [-0.15, -0.1) is 0 Å². The minimum absolute atomic E-state index is 0.173. The Morgan fingerprint density at radius 1 is 1.10 bits per heavy atom. The Labute approximate surface area is 282 Å². The summed E-state index contributed by atoms with van der Waals surface area (Å²) in [5, 5.41) is 13.9. The molecular weight excluding hydrogens is 630 g/mol. The third-order valence-corrected chi connectivity index (χ3v) is 8.72. The number of carbonyl (C=O) groups is 2. The van der Waals surface area contributed by atoms with Gasteiger partial charge in [-0.1, -0.05) is 12.1 Å². The van der Waals surface area contributed by atoms with Crippen LogP contribution in [0.2, 0.25) is 0 Å². The number of benzene rings is 2. The summed E-state index contributed by atoms with van der Waals surface area (Å²) in [6.07, 6.45) is 1.49. The molecule has 0 fully saturated rings. The predicted molar refractivity (Wildman–Crippen MR) is 181 cm³/mol. The summed E-state index contributed by atoms with van der Waals surface area (Å²) in [5.41, 5.74) is 5.31. The zero-order chi connectivity index (χ0) is 35.2. The lowest BCUT2D eigenvalue weighted by atomic mass is 9.86. The first-order chi connectivity index (χ1) is 23.2. The molecule has 0 saturated heterocycles. The van der Waals surface area contributed by atoms with Crippen LogP contribution < -0.4 is 10.1 Å². The third kappa shape index (κ3) is 6.63. The summed E-state index contributed by atoms with van der Waals surface area (Å²) in [6, 6.07) is 12.6. The molecule has 0 saturated carbocycles. The van der Waals surface area contributed by atoms with Crippen molar-refractivity contribution in [2.24, 2.45) is 7.05 Å². The van der Waals surface area contributed by atoms with Crippen LogP contribution in [0.3, 0.4) is 0 Å². The number of rotatable bonds is 8. The van der Waals surface area contributed by atoms with Crippen LogP contribution in [-0.4, -0.2) is 43.7 Å². The van der Waals surface area contributed by atoms with Gasteiger partial charge in [0.05, 0.1) is 17.9 Å². The Bertz CT molecular complexity index is 2100. The van der Waals surface area contributed by atoms with Gasteiger partial charge < -0.3 is 24.5 Å². The second-order valence-corrected chi connectivity index (χ2v) is 13.3. The van der Waals surface area contributed by atoms with Gasteiger partial charge in [-0.25, -0.2) is 18.6 Å². The van der Waals surface area contributed by atoms with E-state index >= 15 is 4.39 Å². The van der Waals surface area contributed by atoms with Crippen molar-refractivity contribution in [1.82, 2.24) is 19.9 Å². The van der Waals surface area contributed by atoms with Gasteiger partial charge in [0.15, 0.2) is 17.7 Å². The number of aryl methyl sites for hydroxylation is 2. The van der Waals surface area contributed by atoms with E-state index in [1.165, 1.54) is 24.4 Å². The molecule has 5 aromatic rings. The Hall–Kier alpha value is -5.16. The molecule has 1 unspecified atom stereocenters. The molecule has 9 nitrogen and oxygen atoms in total. The lowest BCUT2D eigenvalue weighted by molar-refractivity contribution is -0.160. The molecule has 1 amide bonds. The van der Waals surface area contributed by atoms with E-state index in [2.05, 4.69) is 10.3 Å². The molecule has 11 heteroatoms. The number of hydrogen-bond acceptors (Lipinski definition) is 6. The maximum Gasteiger partial charge on any atom is 0.337 e. The number of hydrogen-bond donors (Lipinski definition) is 2.